The Balaban J connectivity index is 2.85. The van der Waals surface area contributed by atoms with Crippen LogP contribution in [-0.4, -0.2) is 53.6 Å². The highest BCUT2D eigenvalue weighted by molar-refractivity contribution is 7.89. The van der Waals surface area contributed by atoms with Gasteiger partial charge in [0.1, 0.15) is 16.4 Å². The highest BCUT2D eigenvalue weighted by atomic mass is 32.2. The Bertz CT molecular complexity index is 631. The molecule has 0 radical (unpaired) electrons. The third-order valence-electron chi connectivity index (χ3n) is 3.35. The number of likely N-dealkylation sites (N-methyl/N-ethyl adjacent to an activating group) is 1. The number of hydrogen-bond acceptors (Lipinski definition) is 5. The predicted octanol–water partition coefficient (Wildman–Crippen LogP) is 1.24. The molecule has 0 saturated heterocycles. The van der Waals surface area contributed by atoms with Gasteiger partial charge in [0, 0.05) is 19.7 Å². The van der Waals surface area contributed by atoms with Crippen molar-refractivity contribution in [3.63, 3.8) is 0 Å². The van der Waals surface area contributed by atoms with Gasteiger partial charge in [-0.3, -0.25) is 4.79 Å². The molecule has 0 fully saturated rings. The van der Waals surface area contributed by atoms with Gasteiger partial charge in [-0.25, -0.2) is 13.1 Å². The smallest absolute Gasteiger partial charge is 0.244 e. The number of benzene rings is 1. The SMILES string of the molecule is CCCCN(C)C(=O)CNS(=O)(=O)c1cc(OC)ccc1OC. The molecule has 0 aliphatic heterocycles. The minimum absolute atomic E-state index is 0.0663. The number of carbonyl (C=O) groups is 1. The summed E-state index contributed by atoms with van der Waals surface area (Å²) in [5.41, 5.74) is 0. The summed E-state index contributed by atoms with van der Waals surface area (Å²) >= 11 is 0. The van der Waals surface area contributed by atoms with Crippen molar-refractivity contribution in [3.05, 3.63) is 18.2 Å². The summed E-state index contributed by atoms with van der Waals surface area (Å²) in [6.07, 6.45) is 1.84. The molecular formula is C15H24N2O5S. The standard InChI is InChI=1S/C15H24N2O5S/c1-5-6-9-17(2)15(18)11-16-23(19,20)14-10-12(21-3)7-8-13(14)22-4/h7-8,10,16H,5-6,9,11H2,1-4H3. The largest absolute Gasteiger partial charge is 0.497 e. The van der Waals surface area contributed by atoms with Gasteiger partial charge in [0.05, 0.1) is 20.8 Å². The van der Waals surface area contributed by atoms with Crippen LogP contribution >= 0.6 is 0 Å². The number of ether oxygens (including phenoxy) is 2. The second kappa shape index (κ2) is 8.73. The van der Waals surface area contributed by atoms with Crippen LogP contribution in [0.2, 0.25) is 0 Å². The Labute approximate surface area is 137 Å². The van der Waals surface area contributed by atoms with Crippen molar-refractivity contribution in [2.24, 2.45) is 0 Å². The van der Waals surface area contributed by atoms with E-state index in [1.807, 2.05) is 6.92 Å². The average molecular weight is 344 g/mol. The molecule has 0 aliphatic rings. The van der Waals surface area contributed by atoms with E-state index in [1.54, 1.807) is 13.1 Å². The maximum Gasteiger partial charge on any atom is 0.244 e. The van der Waals surface area contributed by atoms with Gasteiger partial charge in [-0.05, 0) is 18.6 Å². The maximum absolute atomic E-state index is 12.4. The first-order chi connectivity index (χ1) is 10.9. The molecule has 1 aromatic rings. The monoisotopic (exact) mass is 344 g/mol. The molecule has 23 heavy (non-hydrogen) atoms. The van der Waals surface area contributed by atoms with Crippen molar-refractivity contribution in [2.75, 3.05) is 34.4 Å². The molecule has 1 aromatic carbocycles. The van der Waals surface area contributed by atoms with Crippen molar-refractivity contribution in [1.29, 1.82) is 0 Å². The van der Waals surface area contributed by atoms with Crippen LogP contribution in [0.25, 0.3) is 0 Å². The van der Waals surface area contributed by atoms with Crippen LogP contribution < -0.4 is 14.2 Å². The van der Waals surface area contributed by atoms with E-state index in [2.05, 4.69) is 4.72 Å². The molecule has 0 spiro atoms. The summed E-state index contributed by atoms with van der Waals surface area (Å²) in [6.45, 7) is 2.32. The van der Waals surface area contributed by atoms with Crippen LogP contribution in [0.15, 0.2) is 23.1 Å². The zero-order valence-corrected chi connectivity index (χ0v) is 14.8. The molecule has 0 aromatic heterocycles. The third kappa shape index (κ3) is 5.40. The quantitative estimate of drug-likeness (QED) is 0.728. The number of unbranched alkanes of at least 4 members (excludes halogenated alkanes) is 1. The number of methoxy groups -OCH3 is 2. The van der Waals surface area contributed by atoms with Gasteiger partial charge in [-0.15, -0.1) is 0 Å². The Morgan fingerprint density at radius 3 is 2.52 bits per heavy atom. The van der Waals surface area contributed by atoms with Gasteiger partial charge < -0.3 is 14.4 Å². The van der Waals surface area contributed by atoms with Gasteiger partial charge >= 0.3 is 0 Å². The molecule has 1 rings (SSSR count). The Kier molecular flexibility index (Phi) is 7.31. The van der Waals surface area contributed by atoms with Crippen molar-refractivity contribution >= 4 is 15.9 Å². The number of hydrogen-bond donors (Lipinski definition) is 1. The van der Waals surface area contributed by atoms with E-state index in [9.17, 15) is 13.2 Å². The summed E-state index contributed by atoms with van der Waals surface area (Å²) in [4.78, 5) is 13.4. The summed E-state index contributed by atoms with van der Waals surface area (Å²) < 4.78 is 37.2. The van der Waals surface area contributed by atoms with E-state index in [1.165, 1.54) is 31.3 Å². The predicted molar refractivity (Wildman–Crippen MR) is 87.3 cm³/mol. The van der Waals surface area contributed by atoms with Crippen LogP contribution in [0, 0.1) is 0 Å². The first-order valence-corrected chi connectivity index (χ1v) is 8.79. The molecule has 0 atom stereocenters. The third-order valence-corrected chi connectivity index (χ3v) is 4.77. The van der Waals surface area contributed by atoms with Crippen molar-refractivity contribution in [2.45, 2.75) is 24.7 Å². The van der Waals surface area contributed by atoms with Gasteiger partial charge in [0.2, 0.25) is 15.9 Å². The first-order valence-electron chi connectivity index (χ1n) is 7.31. The lowest BCUT2D eigenvalue weighted by atomic mass is 10.3. The number of sulfonamides is 1. The molecule has 1 N–H and O–H groups in total. The van der Waals surface area contributed by atoms with Gasteiger partial charge in [-0.2, -0.15) is 0 Å². The van der Waals surface area contributed by atoms with E-state index < -0.39 is 10.0 Å². The van der Waals surface area contributed by atoms with Crippen LogP contribution in [-0.2, 0) is 14.8 Å². The molecule has 130 valence electrons. The fourth-order valence-corrected chi connectivity index (χ4v) is 3.04. The number of nitrogens with zero attached hydrogens (tertiary/aromatic N) is 1. The highest BCUT2D eigenvalue weighted by Gasteiger charge is 2.22. The Hall–Kier alpha value is -1.80. The zero-order chi connectivity index (χ0) is 17.5. The molecule has 0 unspecified atom stereocenters. The number of nitrogens with one attached hydrogen (secondary N) is 1. The number of carbonyl (C=O) groups excluding carboxylic acids is 1. The molecule has 0 aliphatic carbocycles. The zero-order valence-electron chi connectivity index (χ0n) is 14.0. The van der Waals surface area contributed by atoms with E-state index in [0.717, 1.165) is 12.8 Å². The Morgan fingerprint density at radius 2 is 1.96 bits per heavy atom. The van der Waals surface area contributed by atoms with Crippen LogP contribution in [0.4, 0.5) is 0 Å². The maximum atomic E-state index is 12.4. The summed E-state index contributed by atoms with van der Waals surface area (Å²) in [5, 5.41) is 0. The second-order valence-electron chi connectivity index (χ2n) is 5.01. The van der Waals surface area contributed by atoms with Crippen LogP contribution in [0.3, 0.4) is 0 Å². The van der Waals surface area contributed by atoms with Gasteiger partial charge in [0.25, 0.3) is 0 Å². The molecular weight excluding hydrogens is 320 g/mol. The van der Waals surface area contributed by atoms with Crippen molar-refractivity contribution in [1.82, 2.24) is 9.62 Å². The molecule has 0 saturated carbocycles. The van der Waals surface area contributed by atoms with Crippen molar-refractivity contribution < 1.29 is 22.7 Å². The van der Waals surface area contributed by atoms with Crippen LogP contribution in [0.1, 0.15) is 19.8 Å². The number of amides is 1. The van der Waals surface area contributed by atoms with Crippen molar-refractivity contribution in [3.8, 4) is 11.5 Å². The fourth-order valence-electron chi connectivity index (χ4n) is 1.88. The molecule has 7 nitrogen and oxygen atoms in total. The summed E-state index contributed by atoms with van der Waals surface area (Å²) in [6, 6.07) is 4.45. The highest BCUT2D eigenvalue weighted by Crippen LogP contribution is 2.27. The number of rotatable bonds is 9. The topological polar surface area (TPSA) is 84.9 Å². The molecule has 1 amide bonds. The van der Waals surface area contributed by atoms with Gasteiger partial charge in [0.15, 0.2) is 0 Å². The lowest BCUT2D eigenvalue weighted by Gasteiger charge is -2.17. The van der Waals surface area contributed by atoms with E-state index >= 15 is 0 Å². The lowest BCUT2D eigenvalue weighted by Crippen LogP contribution is -2.38. The van der Waals surface area contributed by atoms with E-state index in [0.29, 0.717) is 12.3 Å². The normalized spacial score (nSPS) is 11.1. The molecule has 0 bridgehead atoms. The summed E-state index contributed by atoms with van der Waals surface area (Å²) in [7, 11) is 0.586. The molecule has 8 heteroatoms. The van der Waals surface area contributed by atoms with E-state index in [-0.39, 0.29) is 23.1 Å². The van der Waals surface area contributed by atoms with E-state index in [4.69, 9.17) is 9.47 Å². The first kappa shape index (κ1) is 19.2. The molecule has 0 heterocycles. The lowest BCUT2D eigenvalue weighted by molar-refractivity contribution is -0.128. The van der Waals surface area contributed by atoms with Crippen LogP contribution in [0.5, 0.6) is 11.5 Å². The average Bonchev–Trinajstić information content (AvgIpc) is 2.56. The van der Waals surface area contributed by atoms with Gasteiger partial charge in [-0.1, -0.05) is 13.3 Å². The fraction of sp³-hybridized carbons (Fsp3) is 0.533. The second-order valence-corrected chi connectivity index (χ2v) is 6.75. The minimum Gasteiger partial charge on any atom is -0.497 e. The Morgan fingerprint density at radius 1 is 1.26 bits per heavy atom. The summed E-state index contributed by atoms with van der Waals surface area (Å²) in [5.74, 6) is 0.284. The minimum atomic E-state index is -3.89.